The Kier molecular flexibility index (Phi) is 7.12. The number of halogens is 2. The predicted octanol–water partition coefficient (Wildman–Crippen LogP) is 3.01. The summed E-state index contributed by atoms with van der Waals surface area (Å²) in [6.07, 6.45) is 0. The van der Waals surface area contributed by atoms with Gasteiger partial charge in [0.2, 0.25) is 11.8 Å². The van der Waals surface area contributed by atoms with Crippen molar-refractivity contribution in [3.8, 4) is 0 Å². The van der Waals surface area contributed by atoms with Crippen molar-refractivity contribution in [3.63, 3.8) is 0 Å². The van der Waals surface area contributed by atoms with Crippen LogP contribution in [0.5, 0.6) is 0 Å². The molecular formula is C19H21ClFN3O2. The summed E-state index contributed by atoms with van der Waals surface area (Å²) in [5, 5.41) is 3.10. The highest BCUT2D eigenvalue weighted by molar-refractivity contribution is 6.33. The van der Waals surface area contributed by atoms with Crippen molar-refractivity contribution in [2.24, 2.45) is 0 Å². The third-order valence-electron chi connectivity index (χ3n) is 3.76. The molecule has 5 nitrogen and oxygen atoms in total. The number of hydrogen-bond donors (Lipinski definition) is 1. The summed E-state index contributed by atoms with van der Waals surface area (Å²) in [5.74, 6) is -0.886. The van der Waals surface area contributed by atoms with Crippen LogP contribution in [-0.4, -0.2) is 48.8 Å². The summed E-state index contributed by atoms with van der Waals surface area (Å²) >= 11 is 5.99. The van der Waals surface area contributed by atoms with Gasteiger partial charge in [0, 0.05) is 19.2 Å². The molecular weight excluding hydrogens is 357 g/mol. The van der Waals surface area contributed by atoms with Gasteiger partial charge in [0.1, 0.15) is 5.82 Å². The lowest BCUT2D eigenvalue weighted by Gasteiger charge is -2.22. The molecule has 0 unspecified atom stereocenters. The van der Waals surface area contributed by atoms with E-state index in [2.05, 4.69) is 5.32 Å². The molecule has 138 valence electrons. The lowest BCUT2D eigenvalue weighted by Crippen LogP contribution is -2.40. The van der Waals surface area contributed by atoms with Gasteiger partial charge in [-0.05, 0) is 25.2 Å². The Hall–Kier alpha value is -2.44. The Morgan fingerprint density at radius 2 is 1.69 bits per heavy atom. The van der Waals surface area contributed by atoms with E-state index in [0.29, 0.717) is 22.8 Å². The largest absolute Gasteiger partial charge is 0.335 e. The summed E-state index contributed by atoms with van der Waals surface area (Å²) in [7, 11) is 3.27. The van der Waals surface area contributed by atoms with Crippen molar-refractivity contribution in [2.45, 2.75) is 6.54 Å². The van der Waals surface area contributed by atoms with Crippen LogP contribution in [0.1, 0.15) is 5.56 Å². The Morgan fingerprint density at radius 3 is 2.38 bits per heavy atom. The predicted molar refractivity (Wildman–Crippen MR) is 100 cm³/mol. The second-order valence-electron chi connectivity index (χ2n) is 6.04. The molecule has 0 spiro atoms. The zero-order valence-corrected chi connectivity index (χ0v) is 15.5. The molecule has 0 heterocycles. The minimum absolute atomic E-state index is 0.0736. The normalized spacial score (nSPS) is 10.7. The molecule has 0 aliphatic heterocycles. The van der Waals surface area contributed by atoms with Crippen LogP contribution in [0.15, 0.2) is 48.5 Å². The summed E-state index contributed by atoms with van der Waals surface area (Å²) in [5.41, 5.74) is 1.01. The highest BCUT2D eigenvalue weighted by Crippen LogP contribution is 2.20. The van der Waals surface area contributed by atoms with E-state index in [4.69, 9.17) is 11.6 Å². The number of carbonyl (C=O) groups is 2. The third kappa shape index (κ3) is 5.82. The Balaban J connectivity index is 1.84. The molecule has 0 aromatic heterocycles. The second kappa shape index (κ2) is 9.31. The number of amides is 2. The maximum absolute atomic E-state index is 13.7. The van der Waals surface area contributed by atoms with Gasteiger partial charge in [-0.25, -0.2) is 4.39 Å². The molecule has 0 saturated carbocycles. The van der Waals surface area contributed by atoms with E-state index in [0.717, 1.165) is 0 Å². The van der Waals surface area contributed by atoms with Gasteiger partial charge in [-0.3, -0.25) is 14.5 Å². The van der Waals surface area contributed by atoms with Crippen molar-refractivity contribution in [1.82, 2.24) is 9.80 Å². The maximum atomic E-state index is 13.7. The number of likely N-dealkylation sites (N-methyl/N-ethyl adjacent to an activating group) is 2. The maximum Gasteiger partial charge on any atom is 0.244 e. The SMILES string of the molecule is CN(CC(=O)N(C)CC(=O)Nc1ccccc1Cl)Cc1ccccc1F. The van der Waals surface area contributed by atoms with Gasteiger partial charge < -0.3 is 10.2 Å². The molecule has 2 aromatic carbocycles. The fourth-order valence-electron chi connectivity index (χ4n) is 2.38. The zero-order chi connectivity index (χ0) is 19.1. The number of carbonyl (C=O) groups excluding carboxylic acids is 2. The molecule has 0 fully saturated rings. The first-order valence-corrected chi connectivity index (χ1v) is 8.45. The van der Waals surface area contributed by atoms with Gasteiger partial charge >= 0.3 is 0 Å². The van der Waals surface area contributed by atoms with Crippen molar-refractivity contribution in [1.29, 1.82) is 0 Å². The van der Waals surface area contributed by atoms with Gasteiger partial charge in [-0.1, -0.05) is 41.9 Å². The summed E-state index contributed by atoms with van der Waals surface area (Å²) in [4.78, 5) is 27.4. The van der Waals surface area contributed by atoms with E-state index >= 15 is 0 Å². The van der Waals surface area contributed by atoms with Gasteiger partial charge in [0.05, 0.1) is 23.8 Å². The molecule has 2 aromatic rings. The monoisotopic (exact) mass is 377 g/mol. The fourth-order valence-corrected chi connectivity index (χ4v) is 2.56. The summed E-state index contributed by atoms with van der Waals surface area (Å²) in [6.45, 7) is 0.278. The number of nitrogens with one attached hydrogen (secondary N) is 1. The topological polar surface area (TPSA) is 52.7 Å². The smallest absolute Gasteiger partial charge is 0.244 e. The molecule has 2 amide bonds. The third-order valence-corrected chi connectivity index (χ3v) is 4.09. The van der Waals surface area contributed by atoms with Crippen LogP contribution in [0.2, 0.25) is 5.02 Å². The van der Waals surface area contributed by atoms with Crippen LogP contribution in [0.4, 0.5) is 10.1 Å². The van der Waals surface area contributed by atoms with Gasteiger partial charge in [0.15, 0.2) is 0 Å². The first-order chi connectivity index (χ1) is 12.4. The Morgan fingerprint density at radius 1 is 1.04 bits per heavy atom. The molecule has 7 heteroatoms. The minimum atomic E-state index is -0.342. The number of para-hydroxylation sites is 1. The first kappa shape index (κ1) is 19.9. The zero-order valence-electron chi connectivity index (χ0n) is 14.7. The number of rotatable bonds is 7. The quantitative estimate of drug-likeness (QED) is 0.807. The van der Waals surface area contributed by atoms with E-state index < -0.39 is 0 Å². The Labute approximate surface area is 157 Å². The molecule has 1 N–H and O–H groups in total. The Bertz CT molecular complexity index is 785. The van der Waals surface area contributed by atoms with E-state index in [1.807, 2.05) is 0 Å². The van der Waals surface area contributed by atoms with Gasteiger partial charge in [-0.15, -0.1) is 0 Å². The van der Waals surface area contributed by atoms with Crippen LogP contribution >= 0.6 is 11.6 Å². The molecule has 0 bridgehead atoms. The van der Waals surface area contributed by atoms with E-state index in [-0.39, 0.29) is 30.7 Å². The molecule has 2 rings (SSSR count). The van der Waals surface area contributed by atoms with Gasteiger partial charge in [0.25, 0.3) is 0 Å². The van der Waals surface area contributed by atoms with Crippen LogP contribution < -0.4 is 5.32 Å². The van der Waals surface area contributed by atoms with Crippen LogP contribution in [0.25, 0.3) is 0 Å². The van der Waals surface area contributed by atoms with Crippen LogP contribution in [0, 0.1) is 5.82 Å². The second-order valence-corrected chi connectivity index (χ2v) is 6.45. The summed E-state index contributed by atoms with van der Waals surface area (Å²) < 4.78 is 13.7. The first-order valence-electron chi connectivity index (χ1n) is 8.07. The average Bonchev–Trinajstić information content (AvgIpc) is 2.59. The van der Waals surface area contributed by atoms with Crippen molar-refractivity contribution < 1.29 is 14.0 Å². The molecule has 26 heavy (non-hydrogen) atoms. The van der Waals surface area contributed by atoms with Gasteiger partial charge in [-0.2, -0.15) is 0 Å². The van der Waals surface area contributed by atoms with Crippen molar-refractivity contribution in [3.05, 3.63) is 64.9 Å². The number of nitrogens with zero attached hydrogens (tertiary/aromatic N) is 2. The van der Waals surface area contributed by atoms with Crippen molar-refractivity contribution in [2.75, 3.05) is 32.5 Å². The molecule has 0 saturated heterocycles. The number of benzene rings is 2. The fraction of sp³-hybridized carbons (Fsp3) is 0.263. The standard InChI is InChI=1S/C19H21ClFN3O2/c1-23(11-14-7-3-5-9-16(14)21)13-19(26)24(2)12-18(25)22-17-10-6-4-8-15(17)20/h3-10H,11-13H2,1-2H3,(H,22,25). The highest BCUT2D eigenvalue weighted by atomic mass is 35.5. The lowest BCUT2D eigenvalue weighted by atomic mass is 10.2. The number of anilines is 1. The van der Waals surface area contributed by atoms with Crippen molar-refractivity contribution >= 4 is 29.1 Å². The highest BCUT2D eigenvalue weighted by Gasteiger charge is 2.16. The molecule has 0 atom stereocenters. The number of hydrogen-bond acceptors (Lipinski definition) is 3. The molecule has 0 aliphatic carbocycles. The molecule has 0 radical (unpaired) electrons. The molecule has 0 aliphatic rings. The average molecular weight is 378 g/mol. The van der Waals surface area contributed by atoms with E-state index in [9.17, 15) is 14.0 Å². The van der Waals surface area contributed by atoms with Crippen LogP contribution in [-0.2, 0) is 16.1 Å². The summed E-state index contributed by atoms with van der Waals surface area (Å²) in [6, 6.07) is 13.3. The van der Waals surface area contributed by atoms with E-state index in [1.165, 1.54) is 11.0 Å². The van der Waals surface area contributed by atoms with Crippen LogP contribution in [0.3, 0.4) is 0 Å². The lowest BCUT2D eigenvalue weighted by molar-refractivity contribution is -0.134. The van der Waals surface area contributed by atoms with E-state index in [1.54, 1.807) is 61.5 Å². The minimum Gasteiger partial charge on any atom is -0.335 e.